The van der Waals surface area contributed by atoms with Gasteiger partial charge in [0.25, 0.3) is 0 Å². The zero-order valence-corrected chi connectivity index (χ0v) is 9.73. The molecule has 88 valence electrons. The molecule has 2 nitrogen and oxygen atoms in total. The van der Waals surface area contributed by atoms with Crippen molar-refractivity contribution in [3.8, 4) is 0 Å². The summed E-state index contributed by atoms with van der Waals surface area (Å²) < 4.78 is 13.3. The largest absolute Gasteiger partial charge is 0.396 e. The van der Waals surface area contributed by atoms with Crippen LogP contribution in [0.3, 0.4) is 0 Å². The third kappa shape index (κ3) is 2.73. The first-order chi connectivity index (χ1) is 7.65. The summed E-state index contributed by atoms with van der Waals surface area (Å²) in [6.07, 6.45) is 2.10. The molecule has 1 aliphatic carbocycles. The SMILES string of the molecule is OCC1(CNCc2cc(Cl)ccc2F)CC1. The van der Waals surface area contributed by atoms with Gasteiger partial charge in [0.15, 0.2) is 0 Å². The van der Waals surface area contributed by atoms with Crippen molar-refractivity contribution in [2.45, 2.75) is 19.4 Å². The summed E-state index contributed by atoms with van der Waals surface area (Å²) in [6, 6.07) is 4.54. The molecule has 4 heteroatoms. The molecule has 1 saturated carbocycles. The first-order valence-electron chi connectivity index (χ1n) is 5.41. The number of aliphatic hydroxyl groups excluding tert-OH is 1. The molecule has 2 rings (SSSR count). The maximum Gasteiger partial charge on any atom is 0.127 e. The van der Waals surface area contributed by atoms with E-state index in [1.54, 1.807) is 6.07 Å². The van der Waals surface area contributed by atoms with Crippen LogP contribution in [-0.2, 0) is 6.54 Å². The van der Waals surface area contributed by atoms with Gasteiger partial charge in [0.1, 0.15) is 5.82 Å². The molecule has 0 aromatic heterocycles. The molecule has 0 amide bonds. The minimum Gasteiger partial charge on any atom is -0.396 e. The molecule has 1 fully saturated rings. The normalized spacial score (nSPS) is 17.4. The van der Waals surface area contributed by atoms with Crippen molar-refractivity contribution < 1.29 is 9.50 Å². The second kappa shape index (κ2) is 4.70. The van der Waals surface area contributed by atoms with Crippen molar-refractivity contribution in [1.29, 1.82) is 0 Å². The molecule has 0 unspecified atom stereocenters. The Bertz CT molecular complexity index is 379. The van der Waals surface area contributed by atoms with Crippen LogP contribution in [0.15, 0.2) is 18.2 Å². The molecule has 1 aromatic rings. The van der Waals surface area contributed by atoms with E-state index in [2.05, 4.69) is 5.32 Å². The fraction of sp³-hybridized carbons (Fsp3) is 0.500. The van der Waals surface area contributed by atoms with Gasteiger partial charge in [-0.2, -0.15) is 0 Å². The predicted molar refractivity (Wildman–Crippen MR) is 61.9 cm³/mol. The highest BCUT2D eigenvalue weighted by atomic mass is 35.5. The molecule has 2 N–H and O–H groups in total. The monoisotopic (exact) mass is 243 g/mol. The molecule has 0 spiro atoms. The number of halogens is 2. The summed E-state index contributed by atoms with van der Waals surface area (Å²) in [5, 5.41) is 12.8. The van der Waals surface area contributed by atoms with Crippen LogP contribution in [0.25, 0.3) is 0 Å². The van der Waals surface area contributed by atoms with Crippen LogP contribution in [0.1, 0.15) is 18.4 Å². The van der Waals surface area contributed by atoms with Gasteiger partial charge in [0.05, 0.1) is 0 Å². The van der Waals surface area contributed by atoms with Crippen molar-refractivity contribution >= 4 is 11.6 Å². The van der Waals surface area contributed by atoms with Crippen LogP contribution in [0.5, 0.6) is 0 Å². The molecule has 0 heterocycles. The smallest absolute Gasteiger partial charge is 0.127 e. The Balaban J connectivity index is 1.87. The Morgan fingerprint density at radius 2 is 2.19 bits per heavy atom. The van der Waals surface area contributed by atoms with Gasteiger partial charge in [-0.05, 0) is 31.0 Å². The van der Waals surface area contributed by atoms with Crippen molar-refractivity contribution in [1.82, 2.24) is 5.32 Å². The third-order valence-electron chi connectivity index (χ3n) is 3.12. The number of rotatable bonds is 5. The standard InChI is InChI=1S/C12H15ClFNO/c13-10-1-2-11(14)9(5-10)6-15-7-12(8-16)3-4-12/h1-2,5,15-16H,3-4,6-8H2. The van der Waals surface area contributed by atoms with Gasteiger partial charge < -0.3 is 10.4 Å². The summed E-state index contributed by atoms with van der Waals surface area (Å²) in [6.45, 7) is 1.39. The van der Waals surface area contributed by atoms with Crippen molar-refractivity contribution in [3.05, 3.63) is 34.6 Å². The van der Waals surface area contributed by atoms with E-state index in [1.165, 1.54) is 12.1 Å². The molecule has 1 aliphatic rings. The second-order valence-electron chi connectivity index (χ2n) is 4.50. The summed E-state index contributed by atoms with van der Waals surface area (Å²) in [5.74, 6) is -0.245. The highest BCUT2D eigenvalue weighted by molar-refractivity contribution is 6.30. The second-order valence-corrected chi connectivity index (χ2v) is 4.93. The average molecular weight is 244 g/mol. The zero-order valence-electron chi connectivity index (χ0n) is 8.97. The van der Waals surface area contributed by atoms with E-state index < -0.39 is 0 Å². The van der Waals surface area contributed by atoms with Crippen molar-refractivity contribution in [2.24, 2.45) is 5.41 Å². The number of benzene rings is 1. The highest BCUT2D eigenvalue weighted by Crippen LogP contribution is 2.44. The molecular formula is C12H15ClFNO. The van der Waals surface area contributed by atoms with E-state index in [9.17, 15) is 4.39 Å². The average Bonchev–Trinajstić information content (AvgIpc) is 3.04. The maximum absolute atomic E-state index is 13.3. The molecule has 0 saturated heterocycles. The number of nitrogens with one attached hydrogen (secondary N) is 1. The summed E-state index contributed by atoms with van der Waals surface area (Å²) in [7, 11) is 0. The molecule has 0 bridgehead atoms. The first kappa shape index (κ1) is 11.8. The van der Waals surface area contributed by atoms with Gasteiger partial charge in [-0.1, -0.05) is 11.6 Å². The topological polar surface area (TPSA) is 32.3 Å². The minimum absolute atomic E-state index is 0.0506. The minimum atomic E-state index is -0.245. The molecule has 16 heavy (non-hydrogen) atoms. The lowest BCUT2D eigenvalue weighted by Gasteiger charge is -2.13. The number of aliphatic hydroxyl groups is 1. The fourth-order valence-electron chi connectivity index (χ4n) is 1.71. The van der Waals surface area contributed by atoms with Gasteiger partial charge >= 0.3 is 0 Å². The molecular weight excluding hydrogens is 229 g/mol. The Morgan fingerprint density at radius 1 is 1.44 bits per heavy atom. The molecule has 1 aromatic carbocycles. The molecule has 0 aliphatic heterocycles. The summed E-state index contributed by atoms with van der Waals surface area (Å²) in [4.78, 5) is 0. The lowest BCUT2D eigenvalue weighted by Crippen LogP contribution is -2.26. The van der Waals surface area contributed by atoms with Gasteiger partial charge in [0, 0.05) is 35.7 Å². The van der Waals surface area contributed by atoms with Crippen LogP contribution in [-0.4, -0.2) is 18.3 Å². The van der Waals surface area contributed by atoms with Crippen LogP contribution in [0.2, 0.25) is 5.02 Å². The molecule has 0 atom stereocenters. The van der Waals surface area contributed by atoms with E-state index in [-0.39, 0.29) is 17.8 Å². The fourth-order valence-corrected chi connectivity index (χ4v) is 1.90. The molecule has 0 radical (unpaired) electrons. The maximum atomic E-state index is 13.3. The van der Waals surface area contributed by atoms with Gasteiger partial charge in [-0.15, -0.1) is 0 Å². The van der Waals surface area contributed by atoms with Gasteiger partial charge in [-0.3, -0.25) is 0 Å². The van der Waals surface area contributed by atoms with E-state index in [0.717, 1.165) is 19.4 Å². The summed E-state index contributed by atoms with van der Waals surface area (Å²) >= 11 is 5.79. The third-order valence-corrected chi connectivity index (χ3v) is 3.35. The van der Waals surface area contributed by atoms with Crippen molar-refractivity contribution in [3.63, 3.8) is 0 Å². The zero-order chi connectivity index (χ0) is 11.6. The number of hydrogen-bond acceptors (Lipinski definition) is 2. The number of hydrogen-bond donors (Lipinski definition) is 2. The van der Waals surface area contributed by atoms with E-state index in [4.69, 9.17) is 16.7 Å². The Labute approximate surface area is 99.4 Å². The predicted octanol–water partition coefficient (Wildman–Crippen LogP) is 2.34. The lowest BCUT2D eigenvalue weighted by molar-refractivity contribution is 0.207. The first-order valence-corrected chi connectivity index (χ1v) is 5.79. The van der Waals surface area contributed by atoms with E-state index >= 15 is 0 Å². The van der Waals surface area contributed by atoms with Crippen LogP contribution in [0.4, 0.5) is 4.39 Å². The Kier molecular flexibility index (Phi) is 3.47. The summed E-state index contributed by atoms with van der Waals surface area (Å²) in [5.41, 5.74) is 0.621. The highest BCUT2D eigenvalue weighted by Gasteiger charge is 2.41. The quantitative estimate of drug-likeness (QED) is 0.832. The van der Waals surface area contributed by atoms with E-state index in [0.29, 0.717) is 17.1 Å². The van der Waals surface area contributed by atoms with E-state index in [1.807, 2.05) is 0 Å². The van der Waals surface area contributed by atoms with Crippen LogP contribution < -0.4 is 5.32 Å². The Hall–Kier alpha value is -0.640. The van der Waals surface area contributed by atoms with Gasteiger partial charge in [-0.25, -0.2) is 4.39 Å². The van der Waals surface area contributed by atoms with Crippen molar-refractivity contribution in [2.75, 3.05) is 13.2 Å². The van der Waals surface area contributed by atoms with Gasteiger partial charge in [0.2, 0.25) is 0 Å². The van der Waals surface area contributed by atoms with Crippen LogP contribution in [0, 0.1) is 11.2 Å². The van der Waals surface area contributed by atoms with Crippen LogP contribution >= 0.6 is 11.6 Å². The lowest BCUT2D eigenvalue weighted by atomic mass is 10.1. The Morgan fingerprint density at radius 3 is 2.81 bits per heavy atom.